The number of halogens is 1. The Morgan fingerprint density at radius 1 is 1.21 bits per heavy atom. The van der Waals surface area contributed by atoms with E-state index < -0.39 is 0 Å². The van der Waals surface area contributed by atoms with Crippen molar-refractivity contribution in [3.8, 4) is 0 Å². The second kappa shape index (κ2) is 7.32. The zero-order valence-corrected chi connectivity index (χ0v) is 14.4. The van der Waals surface area contributed by atoms with Crippen LogP contribution in [0.3, 0.4) is 0 Å². The van der Waals surface area contributed by atoms with Crippen molar-refractivity contribution in [2.45, 2.75) is 38.3 Å². The minimum atomic E-state index is -0.354. The van der Waals surface area contributed by atoms with Crippen molar-refractivity contribution in [3.63, 3.8) is 0 Å². The van der Waals surface area contributed by atoms with Gasteiger partial charge >= 0.3 is 0 Å². The Kier molecular flexibility index (Phi) is 5.17. The molecular weight excluding hydrogens is 324 g/mol. The summed E-state index contributed by atoms with van der Waals surface area (Å²) >= 11 is 6.40. The van der Waals surface area contributed by atoms with E-state index >= 15 is 0 Å². The van der Waals surface area contributed by atoms with Gasteiger partial charge in [-0.15, -0.1) is 0 Å². The molecular formula is C19H21ClN2O2. The highest BCUT2D eigenvalue weighted by Gasteiger charge is 2.30. The molecule has 0 unspecified atom stereocenters. The third-order valence-electron chi connectivity index (χ3n) is 4.87. The number of nitro benzene ring substituents is 1. The minimum Gasteiger partial charge on any atom is -0.290 e. The van der Waals surface area contributed by atoms with Gasteiger partial charge in [-0.3, -0.25) is 15.0 Å². The van der Waals surface area contributed by atoms with Crippen molar-refractivity contribution >= 4 is 17.3 Å². The van der Waals surface area contributed by atoms with Gasteiger partial charge in [0.1, 0.15) is 0 Å². The summed E-state index contributed by atoms with van der Waals surface area (Å²) in [5.74, 6) is 0. The molecule has 0 bridgehead atoms. The van der Waals surface area contributed by atoms with E-state index in [1.165, 1.54) is 11.6 Å². The zero-order chi connectivity index (χ0) is 17.1. The molecule has 24 heavy (non-hydrogen) atoms. The van der Waals surface area contributed by atoms with Crippen LogP contribution in [0.15, 0.2) is 48.5 Å². The molecule has 1 saturated heterocycles. The molecule has 1 aliphatic heterocycles. The third kappa shape index (κ3) is 3.45. The third-order valence-corrected chi connectivity index (χ3v) is 5.22. The predicted octanol–water partition coefficient (Wildman–Crippen LogP) is 5.54. The minimum absolute atomic E-state index is 0.104. The van der Waals surface area contributed by atoms with Crippen LogP contribution in [0.25, 0.3) is 0 Å². The largest absolute Gasteiger partial charge is 0.290 e. The van der Waals surface area contributed by atoms with E-state index in [0.29, 0.717) is 5.02 Å². The van der Waals surface area contributed by atoms with Gasteiger partial charge in [0.05, 0.1) is 4.92 Å². The van der Waals surface area contributed by atoms with Gasteiger partial charge < -0.3 is 0 Å². The number of likely N-dealkylation sites (tertiary alicyclic amines) is 1. The molecule has 0 amide bonds. The van der Waals surface area contributed by atoms with Crippen molar-refractivity contribution in [1.82, 2.24) is 4.90 Å². The Labute approximate surface area is 147 Å². The van der Waals surface area contributed by atoms with E-state index in [9.17, 15) is 10.1 Å². The number of non-ortho nitro benzene ring substituents is 1. The van der Waals surface area contributed by atoms with Crippen LogP contribution in [0.2, 0.25) is 5.02 Å². The number of hydrogen-bond donors (Lipinski definition) is 0. The first-order valence-electron chi connectivity index (χ1n) is 8.32. The van der Waals surface area contributed by atoms with Crippen molar-refractivity contribution in [3.05, 3.63) is 74.8 Å². The molecule has 2 aromatic rings. The van der Waals surface area contributed by atoms with Crippen LogP contribution < -0.4 is 0 Å². The van der Waals surface area contributed by atoms with Gasteiger partial charge in [0.15, 0.2) is 0 Å². The predicted molar refractivity (Wildman–Crippen MR) is 96.3 cm³/mol. The molecule has 0 N–H and O–H groups in total. The number of hydrogen-bond acceptors (Lipinski definition) is 3. The highest BCUT2D eigenvalue weighted by atomic mass is 35.5. The number of rotatable bonds is 4. The highest BCUT2D eigenvalue weighted by Crippen LogP contribution is 2.40. The lowest BCUT2D eigenvalue weighted by Gasteiger charge is -2.40. The summed E-state index contributed by atoms with van der Waals surface area (Å²) in [4.78, 5) is 13.2. The lowest BCUT2D eigenvalue weighted by atomic mass is 9.92. The van der Waals surface area contributed by atoms with Gasteiger partial charge in [-0.25, -0.2) is 0 Å². The lowest BCUT2D eigenvalue weighted by molar-refractivity contribution is -0.385. The molecule has 3 rings (SSSR count). The standard InChI is InChI=1S/C19H21ClN2O2/c1-14(15-7-3-2-4-8-15)21-12-6-5-9-19(21)17-13-16(22(23)24)10-11-18(17)20/h2-4,7-8,10-11,13-14,19H,5-6,9,12H2,1H3/t14-,19+/m1/s1. The molecule has 126 valence electrons. The molecule has 4 nitrogen and oxygen atoms in total. The molecule has 1 heterocycles. The molecule has 0 aromatic heterocycles. The van der Waals surface area contributed by atoms with Crippen LogP contribution in [-0.4, -0.2) is 16.4 Å². The molecule has 5 heteroatoms. The van der Waals surface area contributed by atoms with Gasteiger partial charge in [-0.05, 0) is 43.5 Å². The first-order chi connectivity index (χ1) is 11.6. The van der Waals surface area contributed by atoms with E-state index in [2.05, 4.69) is 24.0 Å². The smallest absolute Gasteiger partial charge is 0.269 e. The first-order valence-corrected chi connectivity index (χ1v) is 8.70. The number of nitrogens with zero attached hydrogens (tertiary/aromatic N) is 2. The van der Waals surface area contributed by atoms with Crippen LogP contribution in [0.1, 0.15) is 49.4 Å². The fourth-order valence-corrected chi connectivity index (χ4v) is 3.82. The van der Waals surface area contributed by atoms with Gasteiger partial charge in [0.2, 0.25) is 0 Å². The SMILES string of the molecule is C[C@H](c1ccccc1)N1CCCC[C@H]1c1cc([N+](=O)[O-])ccc1Cl. The van der Waals surface area contributed by atoms with E-state index in [4.69, 9.17) is 11.6 Å². The fraction of sp³-hybridized carbons (Fsp3) is 0.368. The Morgan fingerprint density at radius 3 is 2.67 bits per heavy atom. The van der Waals surface area contributed by atoms with Crippen LogP contribution in [0.5, 0.6) is 0 Å². The van der Waals surface area contributed by atoms with Crippen molar-refractivity contribution in [2.24, 2.45) is 0 Å². The molecule has 1 fully saturated rings. The van der Waals surface area contributed by atoms with Crippen LogP contribution in [0.4, 0.5) is 5.69 Å². The van der Waals surface area contributed by atoms with E-state index in [1.807, 2.05) is 18.2 Å². The number of nitro groups is 1. The fourth-order valence-electron chi connectivity index (χ4n) is 3.57. The molecule has 0 saturated carbocycles. The van der Waals surface area contributed by atoms with Gasteiger partial charge in [-0.2, -0.15) is 0 Å². The average Bonchev–Trinajstić information content (AvgIpc) is 2.62. The van der Waals surface area contributed by atoms with Crippen molar-refractivity contribution in [2.75, 3.05) is 6.54 Å². The van der Waals surface area contributed by atoms with Gasteiger partial charge in [0.25, 0.3) is 5.69 Å². The van der Waals surface area contributed by atoms with Crippen LogP contribution in [-0.2, 0) is 0 Å². The van der Waals surface area contributed by atoms with E-state index in [1.54, 1.807) is 12.1 Å². The summed E-state index contributed by atoms with van der Waals surface area (Å²) < 4.78 is 0. The summed E-state index contributed by atoms with van der Waals surface area (Å²) in [6.45, 7) is 3.17. The summed E-state index contributed by atoms with van der Waals surface area (Å²) in [5, 5.41) is 11.7. The average molecular weight is 345 g/mol. The Hall–Kier alpha value is -1.91. The normalized spacial score (nSPS) is 19.8. The van der Waals surface area contributed by atoms with E-state index in [-0.39, 0.29) is 22.7 Å². The molecule has 0 aliphatic carbocycles. The number of piperidine rings is 1. The van der Waals surface area contributed by atoms with Crippen molar-refractivity contribution in [1.29, 1.82) is 0 Å². The molecule has 2 atom stereocenters. The number of benzene rings is 2. The topological polar surface area (TPSA) is 46.4 Å². The quantitative estimate of drug-likeness (QED) is 0.540. The Bertz CT molecular complexity index is 721. The molecule has 0 radical (unpaired) electrons. The zero-order valence-electron chi connectivity index (χ0n) is 13.7. The monoisotopic (exact) mass is 344 g/mol. The van der Waals surface area contributed by atoms with Gasteiger partial charge in [0, 0.05) is 29.2 Å². The summed E-state index contributed by atoms with van der Waals surface area (Å²) in [7, 11) is 0. The second-order valence-electron chi connectivity index (χ2n) is 6.30. The maximum absolute atomic E-state index is 11.1. The van der Waals surface area contributed by atoms with Crippen LogP contribution in [0, 0.1) is 10.1 Å². The van der Waals surface area contributed by atoms with Crippen LogP contribution >= 0.6 is 11.6 Å². The van der Waals surface area contributed by atoms with Crippen molar-refractivity contribution < 1.29 is 4.92 Å². The Balaban J connectivity index is 1.95. The van der Waals surface area contributed by atoms with E-state index in [0.717, 1.165) is 31.4 Å². The molecule has 1 aliphatic rings. The summed E-state index contributed by atoms with van der Waals surface area (Å²) in [5.41, 5.74) is 2.23. The molecule has 0 spiro atoms. The maximum atomic E-state index is 11.1. The molecule has 2 aromatic carbocycles. The first kappa shape index (κ1) is 16.9. The van der Waals surface area contributed by atoms with Gasteiger partial charge in [-0.1, -0.05) is 48.4 Å². The Morgan fingerprint density at radius 2 is 1.96 bits per heavy atom. The summed E-state index contributed by atoms with van der Waals surface area (Å²) in [6.07, 6.45) is 3.22. The highest BCUT2D eigenvalue weighted by molar-refractivity contribution is 6.31. The second-order valence-corrected chi connectivity index (χ2v) is 6.71. The lowest BCUT2D eigenvalue weighted by Crippen LogP contribution is -2.35. The summed E-state index contributed by atoms with van der Waals surface area (Å²) in [6, 6.07) is 15.5. The maximum Gasteiger partial charge on any atom is 0.269 e.